The van der Waals surface area contributed by atoms with Gasteiger partial charge in [0.15, 0.2) is 0 Å². The van der Waals surface area contributed by atoms with Crippen LogP contribution in [0.1, 0.15) is 32.6 Å². The fourth-order valence-electron chi connectivity index (χ4n) is 0.732. The molecule has 0 aliphatic heterocycles. The van der Waals surface area contributed by atoms with E-state index in [1.54, 1.807) is 0 Å². The van der Waals surface area contributed by atoms with Crippen LogP contribution in [-0.2, 0) is 0 Å². The molecular weight excluding hydrogens is 175 g/mol. The molecular formula is C6H13MgO3P. The molecule has 0 heterocycles. The van der Waals surface area contributed by atoms with Crippen LogP contribution < -0.4 is 14.7 Å². The Balaban J connectivity index is 0. The minimum Gasteiger partial charge on any atom is -0.688 e. The predicted molar refractivity (Wildman–Crippen MR) is 41.7 cm³/mol. The van der Waals surface area contributed by atoms with Crippen molar-refractivity contribution < 1.29 is 14.7 Å². The van der Waals surface area contributed by atoms with Gasteiger partial charge < -0.3 is 14.7 Å². The Morgan fingerprint density at radius 3 is 1.91 bits per heavy atom. The Labute approximate surface area is 84.6 Å². The molecule has 0 spiro atoms. The van der Waals surface area contributed by atoms with E-state index in [0.717, 1.165) is 19.3 Å². The molecule has 0 fully saturated rings. The summed E-state index contributed by atoms with van der Waals surface area (Å²) in [6.45, 7) is 2.04. The molecule has 0 saturated carbocycles. The van der Waals surface area contributed by atoms with Crippen LogP contribution in [0.2, 0.25) is 0 Å². The largest absolute Gasteiger partial charge is 2.00 e. The van der Waals surface area contributed by atoms with E-state index in [0.29, 0.717) is 6.42 Å². The van der Waals surface area contributed by atoms with Crippen molar-refractivity contribution in [1.82, 2.24) is 0 Å². The first-order valence-electron chi connectivity index (χ1n) is 3.57. The first-order valence-corrected chi connectivity index (χ1v) is 5.30. The third-order valence-electron chi connectivity index (χ3n) is 1.29. The van der Waals surface area contributed by atoms with Gasteiger partial charge in [0.25, 0.3) is 0 Å². The molecule has 0 atom stereocenters. The summed E-state index contributed by atoms with van der Waals surface area (Å²) < 4.78 is 0. The van der Waals surface area contributed by atoms with E-state index in [-0.39, 0.29) is 29.2 Å². The maximum atomic E-state index is 10.1. The second-order valence-electron chi connectivity index (χ2n) is 2.40. The molecule has 5 heteroatoms. The average Bonchev–Trinajstić information content (AvgIpc) is 1.78. The van der Waals surface area contributed by atoms with Crippen molar-refractivity contribution in [2.75, 3.05) is 6.16 Å². The smallest absolute Gasteiger partial charge is 0.688 e. The normalized spacial score (nSPS) is 10.9. The van der Waals surface area contributed by atoms with Crippen LogP contribution in [0.25, 0.3) is 0 Å². The summed E-state index contributed by atoms with van der Waals surface area (Å²) in [5, 5.41) is 0. The number of rotatable bonds is 5. The van der Waals surface area contributed by atoms with E-state index in [9.17, 15) is 14.7 Å². The van der Waals surface area contributed by atoms with Gasteiger partial charge in [0.05, 0.1) is 0 Å². The van der Waals surface area contributed by atoms with Crippen molar-refractivity contribution in [2.24, 2.45) is 0 Å². The standard InChI is InChI=1S/C6H15O3P.Mg/c1-2-3-4-5-6-10(7,8)9;/h2-6H2,1H3,(H2,7,8,9);/q;+2/p-2. The second kappa shape index (κ2) is 7.71. The summed E-state index contributed by atoms with van der Waals surface area (Å²) in [6, 6.07) is 0. The number of unbranched alkanes of at least 4 members (excludes halogenated alkanes) is 3. The van der Waals surface area contributed by atoms with Gasteiger partial charge in [-0.05, 0) is 12.8 Å². The molecule has 0 aliphatic carbocycles. The Morgan fingerprint density at radius 1 is 1.00 bits per heavy atom. The zero-order valence-electron chi connectivity index (χ0n) is 6.91. The van der Waals surface area contributed by atoms with E-state index in [4.69, 9.17) is 0 Å². The third-order valence-corrected chi connectivity index (χ3v) is 2.15. The van der Waals surface area contributed by atoms with Gasteiger partial charge in [-0.3, -0.25) is 0 Å². The van der Waals surface area contributed by atoms with Crippen molar-refractivity contribution in [3.63, 3.8) is 0 Å². The molecule has 0 rings (SSSR count). The summed E-state index contributed by atoms with van der Waals surface area (Å²) in [5.74, 6) is 0. The SMILES string of the molecule is CCCCCC[P+]([O-])([O-])[O-].[Mg+2]. The van der Waals surface area contributed by atoms with E-state index in [2.05, 4.69) is 0 Å². The molecule has 0 unspecified atom stereocenters. The van der Waals surface area contributed by atoms with Crippen LogP contribution in [0.3, 0.4) is 0 Å². The van der Waals surface area contributed by atoms with Gasteiger partial charge in [0, 0.05) is 6.16 Å². The molecule has 0 aromatic carbocycles. The van der Waals surface area contributed by atoms with Gasteiger partial charge in [-0.2, -0.15) is 7.94 Å². The van der Waals surface area contributed by atoms with Gasteiger partial charge in [0.1, 0.15) is 0 Å². The van der Waals surface area contributed by atoms with Gasteiger partial charge in [0.2, 0.25) is 0 Å². The maximum Gasteiger partial charge on any atom is 2.00 e. The molecule has 0 radical (unpaired) electrons. The summed E-state index contributed by atoms with van der Waals surface area (Å²) in [4.78, 5) is 30.2. The minimum atomic E-state index is -4.21. The Hall–Kier alpha value is 1.08. The van der Waals surface area contributed by atoms with Gasteiger partial charge in [-0.25, -0.2) is 0 Å². The van der Waals surface area contributed by atoms with Crippen LogP contribution in [0.4, 0.5) is 0 Å². The van der Waals surface area contributed by atoms with Crippen molar-refractivity contribution in [3.8, 4) is 0 Å². The molecule has 0 bridgehead atoms. The fourth-order valence-corrected chi connectivity index (χ4v) is 1.34. The van der Waals surface area contributed by atoms with E-state index < -0.39 is 7.94 Å². The first kappa shape index (κ1) is 14.6. The monoisotopic (exact) mass is 188 g/mol. The maximum absolute atomic E-state index is 10.1. The van der Waals surface area contributed by atoms with E-state index >= 15 is 0 Å². The van der Waals surface area contributed by atoms with Crippen molar-refractivity contribution in [1.29, 1.82) is 0 Å². The zero-order valence-corrected chi connectivity index (χ0v) is 9.22. The van der Waals surface area contributed by atoms with Gasteiger partial charge >= 0.3 is 23.1 Å². The fraction of sp³-hybridized carbons (Fsp3) is 1.00. The molecule has 62 valence electrons. The van der Waals surface area contributed by atoms with Crippen LogP contribution in [0.15, 0.2) is 0 Å². The van der Waals surface area contributed by atoms with Crippen LogP contribution >= 0.6 is 7.94 Å². The molecule has 3 nitrogen and oxygen atoms in total. The molecule has 0 aliphatic rings. The van der Waals surface area contributed by atoms with Crippen LogP contribution in [0, 0.1) is 0 Å². The molecule has 0 aromatic heterocycles. The predicted octanol–water partition coefficient (Wildman–Crippen LogP) is -0.971. The summed E-state index contributed by atoms with van der Waals surface area (Å²) >= 11 is 0. The van der Waals surface area contributed by atoms with E-state index in [1.807, 2.05) is 6.92 Å². The quantitative estimate of drug-likeness (QED) is 0.317. The molecule has 0 amide bonds. The topological polar surface area (TPSA) is 69.2 Å². The second-order valence-corrected chi connectivity index (χ2v) is 4.06. The Kier molecular flexibility index (Phi) is 10.2. The van der Waals surface area contributed by atoms with Gasteiger partial charge in [-0.1, -0.05) is 19.8 Å². The zero-order chi connectivity index (χ0) is 8.04. The first-order chi connectivity index (χ1) is 4.56. The van der Waals surface area contributed by atoms with Crippen molar-refractivity contribution in [2.45, 2.75) is 32.6 Å². The summed E-state index contributed by atoms with van der Waals surface area (Å²) in [5.41, 5.74) is 0. The minimum absolute atomic E-state index is 0. The third kappa shape index (κ3) is 14.0. The van der Waals surface area contributed by atoms with Crippen molar-refractivity contribution >= 4 is 31.0 Å². The van der Waals surface area contributed by atoms with Gasteiger partial charge in [-0.15, -0.1) is 0 Å². The van der Waals surface area contributed by atoms with Crippen molar-refractivity contribution in [3.05, 3.63) is 0 Å². The summed E-state index contributed by atoms with van der Waals surface area (Å²) in [7, 11) is -4.21. The van der Waals surface area contributed by atoms with Crippen LogP contribution in [0.5, 0.6) is 0 Å². The number of hydrogen-bond donors (Lipinski definition) is 0. The Bertz CT molecular complexity index is 84.4. The number of hydrogen-bond acceptors (Lipinski definition) is 3. The average molecular weight is 188 g/mol. The van der Waals surface area contributed by atoms with E-state index in [1.165, 1.54) is 0 Å². The molecule has 0 saturated heterocycles. The Morgan fingerprint density at radius 2 is 1.55 bits per heavy atom. The molecule has 0 aromatic rings. The van der Waals surface area contributed by atoms with Crippen LogP contribution in [-0.4, -0.2) is 29.2 Å². The summed E-state index contributed by atoms with van der Waals surface area (Å²) in [6.07, 6.45) is 3.28. The molecule has 0 N–H and O–H groups in total. The molecule has 11 heavy (non-hydrogen) atoms.